The summed E-state index contributed by atoms with van der Waals surface area (Å²) in [5.41, 5.74) is 1.93. The second-order valence-electron chi connectivity index (χ2n) is 4.01. The van der Waals surface area contributed by atoms with Crippen molar-refractivity contribution >= 4 is 23.2 Å². The second-order valence-corrected chi connectivity index (χ2v) is 4.42. The first-order valence-corrected chi connectivity index (χ1v) is 5.83. The molecule has 4 heteroatoms. The van der Waals surface area contributed by atoms with E-state index in [1.54, 1.807) is 4.90 Å². The number of amides is 1. The average molecular weight is 239 g/mol. The van der Waals surface area contributed by atoms with Crippen LogP contribution in [-0.2, 0) is 4.79 Å². The first-order chi connectivity index (χ1) is 7.68. The molecular formula is C12H15ClN2O. The summed E-state index contributed by atoms with van der Waals surface area (Å²) in [6.07, 6.45) is 0.969. The van der Waals surface area contributed by atoms with Crippen molar-refractivity contribution in [1.82, 2.24) is 5.32 Å². The number of halogens is 1. The van der Waals surface area contributed by atoms with Gasteiger partial charge in [0.25, 0.3) is 0 Å². The summed E-state index contributed by atoms with van der Waals surface area (Å²) in [5, 5.41) is 3.81. The minimum absolute atomic E-state index is 0.109. The van der Waals surface area contributed by atoms with Crippen LogP contribution < -0.4 is 10.2 Å². The van der Waals surface area contributed by atoms with Crippen LogP contribution in [0.15, 0.2) is 18.2 Å². The highest BCUT2D eigenvalue weighted by Crippen LogP contribution is 2.23. The van der Waals surface area contributed by atoms with Crippen molar-refractivity contribution in [3.8, 4) is 0 Å². The van der Waals surface area contributed by atoms with Gasteiger partial charge in [-0.05, 0) is 37.6 Å². The van der Waals surface area contributed by atoms with Gasteiger partial charge in [-0.3, -0.25) is 4.79 Å². The predicted molar refractivity (Wildman–Crippen MR) is 66.0 cm³/mol. The average Bonchev–Trinajstić information content (AvgIpc) is 2.47. The molecular weight excluding hydrogens is 224 g/mol. The smallest absolute Gasteiger partial charge is 0.240 e. The van der Waals surface area contributed by atoms with Crippen molar-refractivity contribution in [2.75, 3.05) is 24.5 Å². The van der Waals surface area contributed by atoms with E-state index >= 15 is 0 Å². The molecule has 1 saturated heterocycles. The molecule has 1 fully saturated rings. The highest BCUT2D eigenvalue weighted by atomic mass is 35.5. The summed E-state index contributed by atoms with van der Waals surface area (Å²) in [4.78, 5) is 13.6. The fraction of sp³-hybridized carbons (Fsp3) is 0.417. The molecule has 0 spiro atoms. The summed E-state index contributed by atoms with van der Waals surface area (Å²) in [6, 6.07) is 5.76. The van der Waals surface area contributed by atoms with Gasteiger partial charge in [0, 0.05) is 17.3 Å². The Balaban J connectivity index is 2.27. The van der Waals surface area contributed by atoms with Crippen LogP contribution in [0.1, 0.15) is 12.0 Å². The Hall–Kier alpha value is -1.06. The number of carbonyl (C=O) groups excluding carboxylic acids is 1. The largest absolute Gasteiger partial charge is 0.311 e. The molecule has 0 bridgehead atoms. The normalized spacial score (nSPS) is 17.4. The zero-order valence-electron chi connectivity index (χ0n) is 9.29. The summed E-state index contributed by atoms with van der Waals surface area (Å²) in [7, 11) is 0. The molecule has 1 aromatic rings. The molecule has 1 aliphatic heterocycles. The maximum atomic E-state index is 11.8. The van der Waals surface area contributed by atoms with Crippen LogP contribution in [0.2, 0.25) is 5.02 Å². The van der Waals surface area contributed by atoms with Crippen molar-refractivity contribution in [2.24, 2.45) is 0 Å². The first-order valence-electron chi connectivity index (χ1n) is 5.46. The number of nitrogens with one attached hydrogen (secondary N) is 1. The van der Waals surface area contributed by atoms with Crippen molar-refractivity contribution < 1.29 is 4.79 Å². The molecule has 1 heterocycles. The topological polar surface area (TPSA) is 32.3 Å². The third-order valence-electron chi connectivity index (χ3n) is 2.78. The Kier molecular flexibility index (Phi) is 3.46. The van der Waals surface area contributed by atoms with E-state index in [4.69, 9.17) is 11.6 Å². The van der Waals surface area contributed by atoms with Gasteiger partial charge in [0.15, 0.2) is 0 Å². The second kappa shape index (κ2) is 4.85. The lowest BCUT2D eigenvalue weighted by atomic mass is 10.2. The quantitative estimate of drug-likeness (QED) is 0.812. The summed E-state index contributed by atoms with van der Waals surface area (Å²) >= 11 is 6.07. The van der Waals surface area contributed by atoms with Crippen molar-refractivity contribution in [3.05, 3.63) is 28.8 Å². The van der Waals surface area contributed by atoms with E-state index in [-0.39, 0.29) is 5.91 Å². The standard InChI is InChI=1S/C12H15ClN2O/c1-9-3-4-10(7-11(9)13)15-6-2-5-14-8-12(15)16/h3-4,7,14H,2,5-6,8H2,1H3. The molecule has 1 aliphatic rings. The number of anilines is 1. The fourth-order valence-corrected chi connectivity index (χ4v) is 1.98. The van der Waals surface area contributed by atoms with E-state index in [0.29, 0.717) is 11.6 Å². The van der Waals surface area contributed by atoms with Gasteiger partial charge in [-0.1, -0.05) is 17.7 Å². The number of nitrogens with zero attached hydrogens (tertiary/aromatic N) is 1. The van der Waals surface area contributed by atoms with E-state index in [1.165, 1.54) is 0 Å². The number of hydrogen-bond acceptors (Lipinski definition) is 2. The van der Waals surface area contributed by atoms with Gasteiger partial charge in [0.1, 0.15) is 0 Å². The van der Waals surface area contributed by atoms with Gasteiger partial charge in [0.2, 0.25) is 5.91 Å². The third kappa shape index (κ3) is 2.36. The van der Waals surface area contributed by atoms with Crippen LogP contribution in [0.5, 0.6) is 0 Å². The van der Waals surface area contributed by atoms with Gasteiger partial charge in [-0.25, -0.2) is 0 Å². The molecule has 1 aromatic carbocycles. The Bertz CT molecular complexity index is 406. The minimum atomic E-state index is 0.109. The molecule has 86 valence electrons. The lowest BCUT2D eigenvalue weighted by molar-refractivity contribution is -0.117. The zero-order valence-corrected chi connectivity index (χ0v) is 10.0. The predicted octanol–water partition coefficient (Wildman–Crippen LogP) is 1.97. The maximum Gasteiger partial charge on any atom is 0.240 e. The van der Waals surface area contributed by atoms with Crippen LogP contribution in [0, 0.1) is 6.92 Å². The first kappa shape index (κ1) is 11.4. The van der Waals surface area contributed by atoms with Crippen molar-refractivity contribution in [3.63, 3.8) is 0 Å². The highest BCUT2D eigenvalue weighted by molar-refractivity contribution is 6.31. The molecule has 0 atom stereocenters. The Morgan fingerprint density at radius 1 is 1.44 bits per heavy atom. The number of hydrogen-bond donors (Lipinski definition) is 1. The summed E-state index contributed by atoms with van der Waals surface area (Å²) < 4.78 is 0. The summed E-state index contributed by atoms with van der Waals surface area (Å²) in [6.45, 7) is 4.01. The Morgan fingerprint density at radius 3 is 3.00 bits per heavy atom. The molecule has 0 radical (unpaired) electrons. The number of carbonyl (C=O) groups is 1. The third-order valence-corrected chi connectivity index (χ3v) is 3.19. The molecule has 16 heavy (non-hydrogen) atoms. The highest BCUT2D eigenvalue weighted by Gasteiger charge is 2.18. The van der Waals surface area contributed by atoms with E-state index in [1.807, 2.05) is 25.1 Å². The van der Waals surface area contributed by atoms with Gasteiger partial charge in [-0.15, -0.1) is 0 Å². The van der Waals surface area contributed by atoms with E-state index in [2.05, 4.69) is 5.32 Å². The molecule has 3 nitrogen and oxygen atoms in total. The van der Waals surface area contributed by atoms with Crippen LogP contribution in [0.25, 0.3) is 0 Å². The lowest BCUT2D eigenvalue weighted by Crippen LogP contribution is -2.34. The lowest BCUT2D eigenvalue weighted by Gasteiger charge is -2.20. The monoisotopic (exact) mass is 238 g/mol. The maximum absolute atomic E-state index is 11.8. The molecule has 0 saturated carbocycles. The molecule has 1 N–H and O–H groups in total. The number of benzene rings is 1. The number of aryl methyl sites for hydroxylation is 1. The summed E-state index contributed by atoms with van der Waals surface area (Å²) in [5.74, 6) is 0.109. The Morgan fingerprint density at radius 2 is 2.25 bits per heavy atom. The van der Waals surface area contributed by atoms with Crippen LogP contribution in [-0.4, -0.2) is 25.5 Å². The van der Waals surface area contributed by atoms with E-state index in [9.17, 15) is 4.79 Å². The molecule has 0 aromatic heterocycles. The van der Waals surface area contributed by atoms with Crippen molar-refractivity contribution in [1.29, 1.82) is 0 Å². The van der Waals surface area contributed by atoms with Gasteiger partial charge in [-0.2, -0.15) is 0 Å². The van der Waals surface area contributed by atoms with Crippen LogP contribution in [0.4, 0.5) is 5.69 Å². The zero-order chi connectivity index (χ0) is 11.5. The SMILES string of the molecule is Cc1ccc(N2CCCNCC2=O)cc1Cl. The molecule has 1 amide bonds. The van der Waals surface area contributed by atoms with Gasteiger partial charge < -0.3 is 10.2 Å². The minimum Gasteiger partial charge on any atom is -0.311 e. The molecule has 0 aliphatic carbocycles. The number of rotatable bonds is 1. The van der Waals surface area contributed by atoms with Crippen molar-refractivity contribution in [2.45, 2.75) is 13.3 Å². The van der Waals surface area contributed by atoms with Gasteiger partial charge in [0.05, 0.1) is 6.54 Å². The van der Waals surface area contributed by atoms with Gasteiger partial charge >= 0.3 is 0 Å². The fourth-order valence-electron chi connectivity index (χ4n) is 1.80. The van der Waals surface area contributed by atoms with Crippen LogP contribution >= 0.6 is 11.6 Å². The molecule has 0 unspecified atom stereocenters. The Labute approximate surface area is 100 Å². The van der Waals surface area contributed by atoms with E-state index in [0.717, 1.165) is 30.8 Å². The molecule has 2 rings (SSSR count). The van der Waals surface area contributed by atoms with Crippen LogP contribution in [0.3, 0.4) is 0 Å². The van der Waals surface area contributed by atoms with E-state index < -0.39 is 0 Å².